The third-order valence-corrected chi connectivity index (χ3v) is 13.9. The van der Waals surface area contributed by atoms with Crippen molar-refractivity contribution in [2.75, 3.05) is 0 Å². The zero-order valence-electron chi connectivity index (χ0n) is 42.9. The van der Waals surface area contributed by atoms with E-state index >= 15 is 0 Å². The van der Waals surface area contributed by atoms with Crippen molar-refractivity contribution in [2.45, 2.75) is 0 Å². The Hall–Kier alpha value is -11.4. The smallest absolute Gasteiger partial charge is 0.343 e. The second kappa shape index (κ2) is 21.6. The molecular weight excluding hydrogens is 1010 g/mol. The van der Waals surface area contributed by atoms with Crippen LogP contribution >= 0.6 is 0 Å². The Morgan fingerprint density at radius 1 is 0.235 bits per heavy atom. The molecule has 0 aromatic heterocycles. The Kier molecular flexibility index (Phi) is 13.1. The summed E-state index contributed by atoms with van der Waals surface area (Å²) in [6, 6.07) is 77.6. The van der Waals surface area contributed by atoms with E-state index in [4.69, 9.17) is 29.6 Å². The van der Waals surface area contributed by atoms with E-state index in [1.54, 1.807) is 18.2 Å². The Morgan fingerprint density at radius 3 is 0.753 bits per heavy atom. The lowest BCUT2D eigenvalue weighted by Gasteiger charge is -2.13. The van der Waals surface area contributed by atoms with Crippen molar-refractivity contribution < 1.29 is 28.6 Å². The molecule has 0 N–H and O–H groups in total. The third-order valence-electron chi connectivity index (χ3n) is 13.9. The first-order valence-electron chi connectivity index (χ1n) is 25.9. The van der Waals surface area contributed by atoms with E-state index in [2.05, 4.69) is 15.3 Å². The van der Waals surface area contributed by atoms with Gasteiger partial charge in [0.05, 0.1) is 33.8 Å². The molecule has 12 heteroatoms. The standard InChI is InChI=1S/C69H42N6O6/c76-67(79-61-37-34-46-19-4-10-28-55(46)64(61)73-70-58-31-13-22-43-16-1-7-25-52(43)58)49-40-50(68(77)80-62-38-35-47-20-5-11-29-56(47)65(62)74-71-59-32-14-23-44-17-2-8-26-53(44)59)42-51(41-49)69(78)81-63-39-36-48-21-6-12-30-57(48)66(63)75-72-60-33-15-24-45-18-3-9-27-54(45)60/h1-42H. The van der Waals surface area contributed by atoms with Crippen LogP contribution in [0.1, 0.15) is 31.1 Å². The molecule has 0 fully saturated rings. The summed E-state index contributed by atoms with van der Waals surface area (Å²) in [5, 5.41) is 38.2. The summed E-state index contributed by atoms with van der Waals surface area (Å²) in [5.41, 5.74) is 2.17. The quantitative estimate of drug-likeness (QED) is 0.0674. The summed E-state index contributed by atoms with van der Waals surface area (Å²) in [5.74, 6) is -2.51. The van der Waals surface area contributed by atoms with E-state index < -0.39 is 17.9 Å². The normalized spacial score (nSPS) is 11.7. The second-order valence-electron chi connectivity index (χ2n) is 19.0. The topological polar surface area (TPSA) is 153 Å². The van der Waals surface area contributed by atoms with E-state index in [0.717, 1.165) is 48.5 Å². The van der Waals surface area contributed by atoms with E-state index in [1.165, 1.54) is 18.2 Å². The molecule has 13 aromatic carbocycles. The van der Waals surface area contributed by atoms with Crippen LogP contribution in [0.15, 0.2) is 285 Å². The summed E-state index contributed by atoms with van der Waals surface area (Å²) in [6.07, 6.45) is 0. The fourth-order valence-electron chi connectivity index (χ4n) is 9.92. The predicted molar refractivity (Wildman–Crippen MR) is 318 cm³/mol. The van der Waals surface area contributed by atoms with Gasteiger partial charge in [-0.15, -0.1) is 30.7 Å². The van der Waals surface area contributed by atoms with Crippen LogP contribution in [0.5, 0.6) is 17.2 Å². The van der Waals surface area contributed by atoms with Crippen LogP contribution in [0, 0.1) is 0 Å². The van der Waals surface area contributed by atoms with Crippen LogP contribution in [0.4, 0.5) is 34.1 Å². The minimum absolute atomic E-state index is 0.0783. The number of fused-ring (bicyclic) bond motifs is 6. The molecule has 0 aliphatic rings. The van der Waals surface area contributed by atoms with Crippen molar-refractivity contribution >= 4 is 117 Å². The number of hydrogen-bond donors (Lipinski definition) is 0. The monoisotopic (exact) mass is 1050 g/mol. The Bertz CT molecular complexity index is 4280. The highest BCUT2D eigenvalue weighted by Gasteiger charge is 2.24. The van der Waals surface area contributed by atoms with Gasteiger partial charge in [-0.3, -0.25) is 0 Å². The lowest BCUT2D eigenvalue weighted by Crippen LogP contribution is -2.17. The maximum absolute atomic E-state index is 14.8. The van der Waals surface area contributed by atoms with Crippen LogP contribution < -0.4 is 14.2 Å². The molecule has 0 bridgehead atoms. The molecule has 13 aromatic rings. The molecule has 0 heterocycles. The maximum Gasteiger partial charge on any atom is 0.343 e. The Labute approximate surface area is 462 Å². The van der Waals surface area contributed by atoms with E-state index in [9.17, 15) is 14.4 Å². The molecular formula is C69H42N6O6. The van der Waals surface area contributed by atoms with E-state index in [0.29, 0.717) is 33.2 Å². The number of benzene rings is 13. The first-order chi connectivity index (χ1) is 39.9. The van der Waals surface area contributed by atoms with Gasteiger partial charge in [-0.2, -0.15) is 0 Å². The van der Waals surface area contributed by atoms with Crippen molar-refractivity contribution in [3.8, 4) is 17.2 Å². The lowest BCUT2D eigenvalue weighted by molar-refractivity contribution is 0.0735. The fourth-order valence-corrected chi connectivity index (χ4v) is 9.92. The van der Waals surface area contributed by atoms with Gasteiger partial charge in [-0.05, 0) is 86.9 Å². The van der Waals surface area contributed by atoms with Crippen LogP contribution in [0.25, 0.3) is 64.6 Å². The van der Waals surface area contributed by atoms with Gasteiger partial charge in [0.2, 0.25) is 0 Å². The number of rotatable bonds is 12. The van der Waals surface area contributed by atoms with Crippen LogP contribution in [-0.4, -0.2) is 17.9 Å². The third kappa shape index (κ3) is 9.99. The summed E-state index contributed by atoms with van der Waals surface area (Å²) in [4.78, 5) is 44.4. The highest BCUT2D eigenvalue weighted by atomic mass is 16.5. The first-order valence-corrected chi connectivity index (χ1v) is 25.9. The SMILES string of the molecule is O=C(Oc1ccc2ccccc2c1N=Nc1cccc2ccccc12)c1cc(C(=O)Oc2ccc3ccccc3c2N=Nc2cccc3ccccc23)cc(C(=O)Oc2ccc3ccccc3c2N=Nc2cccc3ccccc23)c1. The van der Waals surface area contributed by atoms with Gasteiger partial charge in [-0.1, -0.05) is 200 Å². The van der Waals surface area contributed by atoms with Gasteiger partial charge in [0.1, 0.15) is 17.1 Å². The van der Waals surface area contributed by atoms with Gasteiger partial charge >= 0.3 is 17.9 Å². The average molecular weight is 1050 g/mol. The summed E-state index contributed by atoms with van der Waals surface area (Å²) in [6.45, 7) is 0. The number of carbonyl (C=O) groups excluding carboxylic acids is 3. The van der Waals surface area contributed by atoms with Crippen molar-refractivity contribution in [2.24, 2.45) is 30.7 Å². The van der Waals surface area contributed by atoms with E-state index in [-0.39, 0.29) is 51.0 Å². The molecule has 81 heavy (non-hydrogen) atoms. The molecule has 384 valence electrons. The molecule has 12 nitrogen and oxygen atoms in total. The van der Waals surface area contributed by atoms with Crippen molar-refractivity contribution in [1.82, 2.24) is 0 Å². The number of esters is 3. The van der Waals surface area contributed by atoms with Crippen molar-refractivity contribution in [3.05, 3.63) is 271 Å². The number of carbonyl (C=O) groups is 3. The second-order valence-corrected chi connectivity index (χ2v) is 19.0. The van der Waals surface area contributed by atoms with Crippen LogP contribution in [-0.2, 0) is 0 Å². The Morgan fingerprint density at radius 2 is 0.469 bits per heavy atom. The van der Waals surface area contributed by atoms with Gasteiger partial charge in [-0.25, -0.2) is 14.4 Å². The minimum Gasteiger partial charge on any atom is -0.421 e. The van der Waals surface area contributed by atoms with Crippen LogP contribution in [0.3, 0.4) is 0 Å². The fraction of sp³-hybridized carbons (Fsp3) is 0. The first kappa shape index (κ1) is 49.2. The van der Waals surface area contributed by atoms with Crippen molar-refractivity contribution in [1.29, 1.82) is 0 Å². The summed E-state index contributed by atoms with van der Waals surface area (Å²) >= 11 is 0. The molecule has 0 saturated heterocycles. The van der Waals surface area contributed by atoms with Gasteiger partial charge < -0.3 is 14.2 Å². The number of nitrogens with zero attached hydrogens (tertiary/aromatic N) is 6. The van der Waals surface area contributed by atoms with E-state index in [1.807, 2.05) is 218 Å². The van der Waals surface area contributed by atoms with Crippen LogP contribution in [0.2, 0.25) is 0 Å². The number of ether oxygens (including phenoxy) is 3. The lowest BCUT2D eigenvalue weighted by atomic mass is 10.0. The molecule has 0 amide bonds. The largest absolute Gasteiger partial charge is 0.421 e. The number of azo groups is 3. The highest BCUT2D eigenvalue weighted by molar-refractivity contribution is 6.05. The summed E-state index contributed by atoms with van der Waals surface area (Å²) < 4.78 is 18.6. The molecule has 0 aliphatic heterocycles. The predicted octanol–water partition coefficient (Wildman–Crippen LogP) is 19.5. The molecule has 13 rings (SSSR count). The summed E-state index contributed by atoms with van der Waals surface area (Å²) in [7, 11) is 0. The highest BCUT2D eigenvalue weighted by Crippen LogP contribution is 2.42. The molecule has 0 atom stereocenters. The Balaban J connectivity index is 0.895. The van der Waals surface area contributed by atoms with Gasteiger partial charge in [0.15, 0.2) is 17.2 Å². The van der Waals surface area contributed by atoms with Gasteiger partial charge in [0, 0.05) is 32.3 Å². The molecule has 0 unspecified atom stereocenters. The maximum atomic E-state index is 14.8. The number of hydrogen-bond acceptors (Lipinski definition) is 12. The molecule has 0 aliphatic carbocycles. The average Bonchev–Trinajstić information content (AvgIpc) is 3.57. The van der Waals surface area contributed by atoms with Gasteiger partial charge in [0.25, 0.3) is 0 Å². The van der Waals surface area contributed by atoms with Crippen molar-refractivity contribution in [3.63, 3.8) is 0 Å². The molecule has 0 spiro atoms. The zero-order chi connectivity index (χ0) is 54.7. The molecule has 0 saturated carbocycles. The minimum atomic E-state index is -0.916. The zero-order valence-corrected chi connectivity index (χ0v) is 42.9. The molecule has 0 radical (unpaired) electrons.